The fourth-order valence-electron chi connectivity index (χ4n) is 7.73. The first-order chi connectivity index (χ1) is 23.1. The fourth-order valence-corrected chi connectivity index (χ4v) is 7.73. The number of aliphatic hydroxyl groups is 1. The molecular weight excluding hydrogens is 648 g/mol. The summed E-state index contributed by atoms with van der Waals surface area (Å²) in [7, 11) is 3.76. The first-order valence-electron chi connectivity index (χ1n) is 17.6. The van der Waals surface area contributed by atoms with Crippen molar-refractivity contribution in [1.29, 1.82) is 0 Å². The molecule has 50 heavy (non-hydrogen) atoms. The van der Waals surface area contributed by atoms with Gasteiger partial charge in [0.15, 0.2) is 18.2 Å². The molecule has 0 radical (unpaired) electrons. The lowest BCUT2D eigenvalue weighted by Gasteiger charge is -2.47. The number of nitrogens with one attached hydrogen (secondary N) is 1. The Labute approximate surface area is 297 Å². The minimum atomic E-state index is -1.75. The monoisotopic (exact) mass is 708 g/mol. The van der Waals surface area contributed by atoms with Crippen LogP contribution < -0.4 is 5.32 Å². The van der Waals surface area contributed by atoms with Crippen molar-refractivity contribution in [2.75, 3.05) is 27.3 Å². The molecule has 284 valence electrons. The lowest BCUT2D eigenvalue weighted by molar-refractivity contribution is -0.298. The van der Waals surface area contributed by atoms with Gasteiger partial charge in [-0.25, -0.2) is 0 Å². The van der Waals surface area contributed by atoms with Gasteiger partial charge < -0.3 is 43.7 Å². The molecule has 3 heterocycles. The number of carbonyl (C=O) groups is 4. The zero-order chi connectivity index (χ0) is 37.9. The second-order valence-electron chi connectivity index (χ2n) is 15.1. The molecule has 0 unspecified atom stereocenters. The first kappa shape index (κ1) is 41.7. The normalized spacial score (nSPS) is 39.6. The van der Waals surface area contributed by atoms with Crippen LogP contribution in [-0.4, -0.2) is 115 Å². The number of Topliss-reactive ketones (excluding diaryl/α,β-unsaturated/α-hetero) is 1. The number of cyclic esters (lactones) is 1. The largest absolute Gasteiger partial charge is 0.459 e. The van der Waals surface area contributed by atoms with Crippen molar-refractivity contribution in [3.8, 4) is 0 Å². The molecule has 0 spiro atoms. The van der Waals surface area contributed by atoms with Crippen molar-refractivity contribution in [2.45, 2.75) is 143 Å². The molecule has 13 nitrogen and oxygen atoms in total. The smallest absolute Gasteiger partial charge is 0.316 e. The molecule has 12 atom stereocenters. The summed E-state index contributed by atoms with van der Waals surface area (Å²) in [5.74, 6) is -4.97. The Balaban J connectivity index is 2.35. The van der Waals surface area contributed by atoms with Crippen LogP contribution in [0.25, 0.3) is 0 Å². The second-order valence-corrected chi connectivity index (χ2v) is 15.1. The summed E-state index contributed by atoms with van der Waals surface area (Å²) >= 11 is 0. The van der Waals surface area contributed by atoms with Gasteiger partial charge in [-0.1, -0.05) is 32.9 Å². The Kier molecular flexibility index (Phi) is 14.0. The molecule has 0 aromatic heterocycles. The fraction of sp³-hybridized carbons (Fsp3) is 0.784. The molecule has 0 saturated carbocycles. The van der Waals surface area contributed by atoms with Gasteiger partial charge in [-0.15, -0.1) is 0 Å². The molecule has 0 aromatic carbocycles. The highest BCUT2D eigenvalue weighted by Crippen LogP contribution is 2.41. The molecule has 13 heteroatoms. The number of fused-ring (bicyclic) bond motifs is 4. The average molecular weight is 709 g/mol. The lowest BCUT2D eigenvalue weighted by Crippen LogP contribution is -2.60. The van der Waals surface area contributed by atoms with E-state index in [1.54, 1.807) is 20.8 Å². The maximum absolute atomic E-state index is 14.3. The van der Waals surface area contributed by atoms with E-state index in [2.05, 4.69) is 11.9 Å². The van der Waals surface area contributed by atoms with Crippen molar-refractivity contribution in [1.82, 2.24) is 10.2 Å². The van der Waals surface area contributed by atoms with Gasteiger partial charge in [-0.2, -0.15) is 0 Å². The van der Waals surface area contributed by atoms with Crippen LogP contribution in [0.15, 0.2) is 23.4 Å². The third-order valence-corrected chi connectivity index (χ3v) is 10.3. The highest BCUT2D eigenvalue weighted by atomic mass is 16.7. The summed E-state index contributed by atoms with van der Waals surface area (Å²) in [6.07, 6.45) is -4.46. The number of likely N-dealkylation sites (N-methyl/N-ethyl adjacent to an activating group) is 1. The van der Waals surface area contributed by atoms with Gasteiger partial charge in [0, 0.05) is 37.8 Å². The van der Waals surface area contributed by atoms with Crippen molar-refractivity contribution < 1.29 is 52.7 Å². The molecular formula is C37H60N2O11. The molecule has 0 aromatic rings. The van der Waals surface area contributed by atoms with Crippen LogP contribution in [0.5, 0.6) is 0 Å². The van der Waals surface area contributed by atoms with E-state index in [0.717, 1.165) is 0 Å². The number of amides is 1. The molecule has 0 aliphatic carbocycles. The van der Waals surface area contributed by atoms with Crippen LogP contribution in [-0.2, 0) is 47.6 Å². The van der Waals surface area contributed by atoms with Crippen LogP contribution in [0.3, 0.4) is 0 Å². The van der Waals surface area contributed by atoms with E-state index in [9.17, 15) is 24.3 Å². The van der Waals surface area contributed by atoms with Crippen molar-refractivity contribution in [2.24, 2.45) is 17.8 Å². The van der Waals surface area contributed by atoms with Crippen molar-refractivity contribution in [3.63, 3.8) is 0 Å². The summed E-state index contributed by atoms with van der Waals surface area (Å²) in [6.45, 7) is 20.7. The van der Waals surface area contributed by atoms with Gasteiger partial charge in [0.25, 0.3) is 0 Å². The summed E-state index contributed by atoms with van der Waals surface area (Å²) in [4.78, 5) is 55.0. The molecule has 2 N–H and O–H groups in total. The Morgan fingerprint density at radius 3 is 2.28 bits per heavy atom. The lowest BCUT2D eigenvalue weighted by atomic mass is 9.77. The Morgan fingerprint density at radius 2 is 1.72 bits per heavy atom. The number of ketones is 1. The van der Waals surface area contributed by atoms with Gasteiger partial charge in [0.05, 0.1) is 43.2 Å². The SMILES string of the molecule is C=C1CO[C@@H]2[C@@H](C)C(NC(C)=O)=C(C)C[C@@](C)(OC1)[C@H](O[C@@H]1O[C@H](C)C[C@H](N(C)C)[C@H]1OC(C)=O)[C@@H](C)C(=O)[C@@H](C)C(=O)O[C@H](CC)[C@@]2(C)O. The zero-order valence-electron chi connectivity index (χ0n) is 32.0. The molecule has 1 fully saturated rings. The van der Waals surface area contributed by atoms with Gasteiger partial charge in [-0.05, 0) is 67.1 Å². The van der Waals surface area contributed by atoms with E-state index in [-0.39, 0.29) is 44.1 Å². The highest BCUT2D eigenvalue weighted by Gasteiger charge is 2.52. The second kappa shape index (κ2) is 16.8. The molecule has 3 aliphatic rings. The number of hydrogen-bond acceptors (Lipinski definition) is 12. The third kappa shape index (κ3) is 9.40. The standard InChI is InChI=1S/C37H60N2O11/c1-14-28-37(11,44)33-22(5)29(38-25(8)40)20(3)16-36(10,46-18-19(2)17-45-33)32(23(6)30(42)24(7)34(43)49-28)50-35-31(48-26(9)41)27(39(12)13)15-21(4)47-35/h21-24,27-28,31-33,35,44H,2,14-18H2,1,3-13H3,(H,38,40)/t21-,22+,23+,24-,27+,28-,31-,32-,33-,35+,36-,37-/m1/s1. The number of ether oxygens (including phenoxy) is 6. The van der Waals surface area contributed by atoms with E-state index in [0.29, 0.717) is 23.3 Å². The summed E-state index contributed by atoms with van der Waals surface area (Å²) in [6, 6.07) is -0.270. The number of carbonyl (C=O) groups excluding carboxylic acids is 4. The Bertz CT molecular complexity index is 1310. The van der Waals surface area contributed by atoms with E-state index < -0.39 is 77.4 Å². The van der Waals surface area contributed by atoms with Gasteiger partial charge in [0.1, 0.15) is 17.6 Å². The summed E-state index contributed by atoms with van der Waals surface area (Å²) in [5, 5.41) is 15.1. The molecule has 3 aliphatic heterocycles. The molecule has 1 saturated heterocycles. The number of nitrogens with zero attached hydrogens (tertiary/aromatic N) is 1. The van der Waals surface area contributed by atoms with Crippen LogP contribution in [0.2, 0.25) is 0 Å². The van der Waals surface area contributed by atoms with E-state index in [4.69, 9.17) is 28.4 Å². The maximum atomic E-state index is 14.3. The number of rotatable bonds is 6. The average Bonchev–Trinajstić information content (AvgIpc) is 3.03. The van der Waals surface area contributed by atoms with Crippen molar-refractivity contribution in [3.05, 3.63) is 23.4 Å². The molecule has 2 bridgehead atoms. The quantitative estimate of drug-likeness (QED) is 0.236. The highest BCUT2D eigenvalue weighted by molar-refractivity contribution is 6.00. The van der Waals surface area contributed by atoms with Crippen molar-refractivity contribution >= 4 is 23.6 Å². The maximum Gasteiger partial charge on any atom is 0.316 e. The predicted octanol–water partition coefficient (Wildman–Crippen LogP) is 3.46. The summed E-state index contributed by atoms with van der Waals surface area (Å²) in [5.41, 5.74) is -1.34. The van der Waals surface area contributed by atoms with E-state index in [1.165, 1.54) is 27.7 Å². The van der Waals surface area contributed by atoms with Crippen LogP contribution >= 0.6 is 0 Å². The predicted molar refractivity (Wildman–Crippen MR) is 185 cm³/mol. The van der Waals surface area contributed by atoms with Crippen LogP contribution in [0.4, 0.5) is 0 Å². The summed E-state index contributed by atoms with van der Waals surface area (Å²) < 4.78 is 38.0. The minimum absolute atomic E-state index is 0.00107. The number of hydrogen-bond donors (Lipinski definition) is 2. The minimum Gasteiger partial charge on any atom is -0.459 e. The van der Waals surface area contributed by atoms with E-state index in [1.807, 2.05) is 39.8 Å². The van der Waals surface area contributed by atoms with Crippen LogP contribution in [0, 0.1) is 17.8 Å². The third-order valence-electron chi connectivity index (χ3n) is 10.3. The Hall–Kier alpha value is -2.68. The first-order valence-corrected chi connectivity index (χ1v) is 17.6. The Morgan fingerprint density at radius 1 is 1.08 bits per heavy atom. The van der Waals surface area contributed by atoms with Gasteiger partial charge in [0.2, 0.25) is 5.91 Å². The van der Waals surface area contributed by atoms with Gasteiger partial charge >= 0.3 is 11.9 Å². The van der Waals surface area contributed by atoms with E-state index >= 15 is 0 Å². The number of esters is 2. The topological polar surface area (TPSA) is 159 Å². The van der Waals surface area contributed by atoms with Crippen LogP contribution in [0.1, 0.15) is 88.5 Å². The molecule has 1 amide bonds. The zero-order valence-corrected chi connectivity index (χ0v) is 32.0. The molecule has 3 rings (SSSR count). The van der Waals surface area contributed by atoms with Gasteiger partial charge in [-0.3, -0.25) is 19.2 Å².